The van der Waals surface area contributed by atoms with Gasteiger partial charge in [0, 0.05) is 5.88 Å². The lowest BCUT2D eigenvalue weighted by Gasteiger charge is -2.24. The Morgan fingerprint density at radius 2 is 1.94 bits per heavy atom. The highest BCUT2D eigenvalue weighted by atomic mass is 35.5. The Kier molecular flexibility index (Phi) is 5.02. The average Bonchev–Trinajstić information content (AvgIpc) is 2.42. The summed E-state index contributed by atoms with van der Waals surface area (Å²) in [5.41, 5.74) is 0.939. The molecular formula is C14H18Cl2O2. The van der Waals surface area contributed by atoms with Crippen molar-refractivity contribution >= 4 is 23.2 Å². The Hall–Kier alpha value is -0.600. The second-order valence-corrected chi connectivity index (χ2v) is 5.29. The third kappa shape index (κ3) is 3.24. The van der Waals surface area contributed by atoms with Gasteiger partial charge in [0.2, 0.25) is 0 Å². The molecule has 0 heterocycles. The first-order valence-electron chi connectivity index (χ1n) is 6.33. The Labute approximate surface area is 118 Å². The van der Waals surface area contributed by atoms with Crippen molar-refractivity contribution in [1.29, 1.82) is 0 Å². The molecule has 0 radical (unpaired) electrons. The predicted molar refractivity (Wildman–Crippen MR) is 75.1 cm³/mol. The van der Waals surface area contributed by atoms with E-state index in [4.69, 9.17) is 32.7 Å². The minimum absolute atomic E-state index is 0.256. The van der Waals surface area contributed by atoms with Crippen LogP contribution in [0.3, 0.4) is 0 Å². The van der Waals surface area contributed by atoms with Crippen molar-refractivity contribution in [2.75, 3.05) is 7.11 Å². The molecule has 0 atom stereocenters. The number of rotatable bonds is 4. The topological polar surface area (TPSA) is 18.5 Å². The molecule has 1 aliphatic carbocycles. The standard InChI is InChI=1S/C14H18Cl2O2/c1-17-13-8-10(9-15)7-12(16)14(13)18-11-5-3-2-4-6-11/h7-8,11H,2-6,9H2,1H3. The molecule has 1 fully saturated rings. The summed E-state index contributed by atoms with van der Waals surface area (Å²) in [5.74, 6) is 1.74. The van der Waals surface area contributed by atoms with Gasteiger partial charge in [0.1, 0.15) is 0 Å². The van der Waals surface area contributed by atoms with Gasteiger partial charge in [-0.15, -0.1) is 11.6 Å². The number of hydrogen-bond donors (Lipinski definition) is 0. The van der Waals surface area contributed by atoms with Gasteiger partial charge in [-0.2, -0.15) is 0 Å². The van der Waals surface area contributed by atoms with Crippen LogP contribution in [0.1, 0.15) is 37.7 Å². The summed E-state index contributed by atoms with van der Waals surface area (Å²) in [7, 11) is 1.62. The quantitative estimate of drug-likeness (QED) is 0.741. The summed E-state index contributed by atoms with van der Waals surface area (Å²) >= 11 is 12.1. The maximum absolute atomic E-state index is 6.25. The van der Waals surface area contributed by atoms with Crippen molar-refractivity contribution in [1.82, 2.24) is 0 Å². The zero-order valence-corrected chi connectivity index (χ0v) is 12.1. The largest absolute Gasteiger partial charge is 0.493 e. The number of hydrogen-bond acceptors (Lipinski definition) is 2. The summed E-state index contributed by atoms with van der Waals surface area (Å²) in [4.78, 5) is 0. The maximum Gasteiger partial charge on any atom is 0.180 e. The van der Waals surface area contributed by atoms with E-state index in [9.17, 15) is 0 Å². The van der Waals surface area contributed by atoms with Crippen LogP contribution in [0.25, 0.3) is 0 Å². The zero-order chi connectivity index (χ0) is 13.0. The fourth-order valence-corrected chi connectivity index (χ4v) is 2.75. The molecule has 1 aromatic rings. The van der Waals surface area contributed by atoms with E-state index in [-0.39, 0.29) is 6.10 Å². The molecule has 1 aliphatic rings. The highest BCUT2D eigenvalue weighted by Gasteiger charge is 2.19. The molecule has 0 aliphatic heterocycles. The van der Waals surface area contributed by atoms with Gasteiger partial charge in [0.15, 0.2) is 11.5 Å². The molecule has 1 saturated carbocycles. The van der Waals surface area contributed by atoms with Gasteiger partial charge < -0.3 is 9.47 Å². The van der Waals surface area contributed by atoms with E-state index in [0.717, 1.165) is 18.4 Å². The van der Waals surface area contributed by atoms with E-state index >= 15 is 0 Å². The van der Waals surface area contributed by atoms with E-state index in [0.29, 0.717) is 22.4 Å². The molecular weight excluding hydrogens is 271 g/mol. The van der Waals surface area contributed by atoms with E-state index in [2.05, 4.69) is 0 Å². The van der Waals surface area contributed by atoms with Crippen LogP contribution in [-0.4, -0.2) is 13.2 Å². The molecule has 18 heavy (non-hydrogen) atoms. The van der Waals surface area contributed by atoms with Crippen LogP contribution in [-0.2, 0) is 5.88 Å². The first-order chi connectivity index (χ1) is 8.74. The van der Waals surface area contributed by atoms with Crippen LogP contribution < -0.4 is 9.47 Å². The SMILES string of the molecule is COc1cc(CCl)cc(Cl)c1OC1CCCCC1. The number of ether oxygens (including phenoxy) is 2. The van der Waals surface area contributed by atoms with Gasteiger partial charge in [0.05, 0.1) is 18.2 Å². The van der Waals surface area contributed by atoms with Crippen LogP contribution in [0, 0.1) is 0 Å². The minimum Gasteiger partial charge on any atom is -0.493 e. The molecule has 0 bridgehead atoms. The Morgan fingerprint density at radius 3 is 2.56 bits per heavy atom. The van der Waals surface area contributed by atoms with Gasteiger partial charge in [-0.05, 0) is 43.4 Å². The third-order valence-electron chi connectivity index (χ3n) is 3.28. The van der Waals surface area contributed by atoms with Crippen molar-refractivity contribution < 1.29 is 9.47 Å². The fraction of sp³-hybridized carbons (Fsp3) is 0.571. The Balaban J connectivity index is 2.19. The van der Waals surface area contributed by atoms with Gasteiger partial charge in [-0.1, -0.05) is 18.0 Å². The molecule has 1 aromatic carbocycles. The molecule has 0 spiro atoms. The summed E-state index contributed by atoms with van der Waals surface area (Å²) in [6.07, 6.45) is 6.20. The minimum atomic E-state index is 0.256. The summed E-state index contributed by atoms with van der Waals surface area (Å²) in [5, 5.41) is 0.579. The maximum atomic E-state index is 6.25. The molecule has 0 aromatic heterocycles. The summed E-state index contributed by atoms with van der Waals surface area (Å²) in [6.45, 7) is 0. The molecule has 0 amide bonds. The number of halogens is 2. The molecule has 2 rings (SSSR count). The smallest absolute Gasteiger partial charge is 0.180 e. The monoisotopic (exact) mass is 288 g/mol. The number of alkyl halides is 1. The van der Waals surface area contributed by atoms with E-state index < -0.39 is 0 Å². The van der Waals surface area contributed by atoms with Crippen LogP contribution in [0.2, 0.25) is 5.02 Å². The summed E-state index contributed by atoms with van der Waals surface area (Å²) < 4.78 is 11.3. The fourth-order valence-electron chi connectivity index (χ4n) is 2.31. The first kappa shape index (κ1) is 13.8. The highest BCUT2D eigenvalue weighted by Crippen LogP contribution is 2.38. The van der Waals surface area contributed by atoms with Crippen molar-refractivity contribution in [3.05, 3.63) is 22.7 Å². The second-order valence-electron chi connectivity index (χ2n) is 4.62. The van der Waals surface area contributed by atoms with Gasteiger partial charge >= 0.3 is 0 Å². The van der Waals surface area contributed by atoms with Gasteiger partial charge in [-0.3, -0.25) is 0 Å². The molecule has 0 unspecified atom stereocenters. The predicted octanol–water partition coefficient (Wildman–Crippen LogP) is 4.80. The lowest BCUT2D eigenvalue weighted by Crippen LogP contribution is -2.20. The van der Waals surface area contributed by atoms with Crippen LogP contribution in [0.5, 0.6) is 11.5 Å². The molecule has 100 valence electrons. The normalized spacial score (nSPS) is 16.6. The van der Waals surface area contributed by atoms with E-state index in [1.54, 1.807) is 7.11 Å². The first-order valence-corrected chi connectivity index (χ1v) is 7.25. The Bertz CT molecular complexity index is 401. The van der Waals surface area contributed by atoms with Crippen molar-refractivity contribution in [3.63, 3.8) is 0 Å². The lowest BCUT2D eigenvalue weighted by molar-refractivity contribution is 0.149. The van der Waals surface area contributed by atoms with Crippen LogP contribution in [0.15, 0.2) is 12.1 Å². The van der Waals surface area contributed by atoms with Crippen LogP contribution in [0.4, 0.5) is 0 Å². The van der Waals surface area contributed by atoms with Gasteiger partial charge in [-0.25, -0.2) is 0 Å². The summed E-state index contributed by atoms with van der Waals surface area (Å²) in [6, 6.07) is 3.73. The average molecular weight is 289 g/mol. The second kappa shape index (κ2) is 6.53. The van der Waals surface area contributed by atoms with Crippen molar-refractivity contribution in [2.45, 2.75) is 44.1 Å². The molecule has 2 nitrogen and oxygen atoms in total. The van der Waals surface area contributed by atoms with E-state index in [1.165, 1.54) is 19.3 Å². The molecule has 0 saturated heterocycles. The molecule has 4 heteroatoms. The van der Waals surface area contributed by atoms with Gasteiger partial charge in [0.25, 0.3) is 0 Å². The number of benzene rings is 1. The van der Waals surface area contributed by atoms with Crippen LogP contribution >= 0.6 is 23.2 Å². The molecule has 0 N–H and O–H groups in total. The van der Waals surface area contributed by atoms with Crippen molar-refractivity contribution in [2.24, 2.45) is 0 Å². The van der Waals surface area contributed by atoms with Crippen molar-refractivity contribution in [3.8, 4) is 11.5 Å². The Morgan fingerprint density at radius 1 is 1.22 bits per heavy atom. The highest BCUT2D eigenvalue weighted by molar-refractivity contribution is 6.32. The van der Waals surface area contributed by atoms with E-state index in [1.807, 2.05) is 12.1 Å². The third-order valence-corrected chi connectivity index (χ3v) is 3.87. The number of methoxy groups -OCH3 is 1. The zero-order valence-electron chi connectivity index (χ0n) is 10.5. The lowest BCUT2D eigenvalue weighted by atomic mass is 9.98.